The van der Waals surface area contributed by atoms with Crippen LogP contribution in [0.3, 0.4) is 0 Å². The fourth-order valence-electron chi connectivity index (χ4n) is 5.03. The molecule has 34 heavy (non-hydrogen) atoms. The molecule has 2 heterocycles. The molecular formula is C24H25ClFN5OS2. The van der Waals surface area contributed by atoms with E-state index in [0.29, 0.717) is 20.8 Å². The fourth-order valence-corrected chi connectivity index (χ4v) is 7.10. The number of rotatable bonds is 4. The van der Waals surface area contributed by atoms with Crippen LogP contribution in [0.15, 0.2) is 57.4 Å². The molecule has 2 aromatic carbocycles. The van der Waals surface area contributed by atoms with Crippen LogP contribution in [0.2, 0.25) is 5.02 Å². The summed E-state index contributed by atoms with van der Waals surface area (Å²) < 4.78 is 25.6. The molecule has 2 atom stereocenters. The average Bonchev–Trinajstić information content (AvgIpc) is 3.07. The normalized spacial score (nSPS) is 19.9. The highest BCUT2D eigenvalue weighted by molar-refractivity contribution is 7.99. The molecule has 4 N–H and O–H groups in total. The third-order valence-corrected chi connectivity index (χ3v) is 9.58. The molecular weight excluding hydrogens is 493 g/mol. The molecule has 0 saturated carbocycles. The number of hydrogen-bond donors (Lipinski definition) is 2. The van der Waals surface area contributed by atoms with Crippen molar-refractivity contribution in [3.8, 4) is 0 Å². The molecule has 1 fully saturated rings. The summed E-state index contributed by atoms with van der Waals surface area (Å²) in [5.41, 5.74) is 14.9. The first-order chi connectivity index (χ1) is 16.3. The zero-order chi connectivity index (χ0) is 24.0. The maximum atomic E-state index is 13.7. The van der Waals surface area contributed by atoms with Crippen LogP contribution in [0.1, 0.15) is 30.0 Å². The number of fused-ring (bicyclic) bond motifs is 1. The van der Waals surface area contributed by atoms with E-state index in [9.17, 15) is 8.60 Å². The van der Waals surface area contributed by atoms with Gasteiger partial charge in [-0.15, -0.1) is 0 Å². The predicted molar refractivity (Wildman–Crippen MR) is 135 cm³/mol. The Labute approximate surface area is 209 Å². The van der Waals surface area contributed by atoms with Crippen LogP contribution in [0, 0.1) is 11.2 Å². The van der Waals surface area contributed by atoms with Gasteiger partial charge in [0.1, 0.15) is 16.7 Å². The van der Waals surface area contributed by atoms with E-state index < -0.39 is 10.8 Å². The Balaban J connectivity index is 1.29. The fraction of sp³-hybridized carbons (Fsp3) is 0.333. The lowest BCUT2D eigenvalue weighted by Gasteiger charge is -2.42. The van der Waals surface area contributed by atoms with Crippen molar-refractivity contribution in [3.05, 3.63) is 64.6 Å². The highest BCUT2D eigenvalue weighted by Gasteiger charge is 2.46. The van der Waals surface area contributed by atoms with E-state index in [-0.39, 0.29) is 17.3 Å². The largest absolute Gasteiger partial charge is 0.381 e. The number of aromatic nitrogens is 2. The Morgan fingerprint density at radius 1 is 1.26 bits per heavy atom. The van der Waals surface area contributed by atoms with Crippen LogP contribution in [0.4, 0.5) is 16.0 Å². The van der Waals surface area contributed by atoms with Gasteiger partial charge in [-0.3, -0.25) is 4.21 Å². The van der Waals surface area contributed by atoms with Gasteiger partial charge >= 0.3 is 0 Å². The molecule has 1 aliphatic carbocycles. The highest BCUT2D eigenvalue weighted by atomic mass is 35.5. The van der Waals surface area contributed by atoms with Crippen molar-refractivity contribution in [3.63, 3.8) is 0 Å². The van der Waals surface area contributed by atoms with Crippen molar-refractivity contribution in [2.24, 2.45) is 11.1 Å². The molecule has 6 nitrogen and oxygen atoms in total. The van der Waals surface area contributed by atoms with Crippen molar-refractivity contribution in [2.75, 3.05) is 30.0 Å². The zero-order valence-corrected chi connectivity index (χ0v) is 21.0. The Morgan fingerprint density at radius 2 is 2.03 bits per heavy atom. The second-order valence-corrected chi connectivity index (χ2v) is 11.6. The minimum absolute atomic E-state index is 0.0531. The van der Waals surface area contributed by atoms with Crippen molar-refractivity contribution < 1.29 is 8.60 Å². The molecule has 0 radical (unpaired) electrons. The van der Waals surface area contributed by atoms with Gasteiger partial charge in [0.05, 0.1) is 26.9 Å². The number of hydrogen-bond acceptors (Lipinski definition) is 7. The summed E-state index contributed by atoms with van der Waals surface area (Å²) in [5.74, 6) is 0.837. The summed E-state index contributed by atoms with van der Waals surface area (Å²) >= 11 is 7.74. The predicted octanol–water partition coefficient (Wildman–Crippen LogP) is 4.58. The third-order valence-electron chi connectivity index (χ3n) is 6.92. The van der Waals surface area contributed by atoms with Crippen LogP contribution in [0.5, 0.6) is 0 Å². The van der Waals surface area contributed by atoms with E-state index in [0.717, 1.165) is 54.2 Å². The Hall–Kier alpha value is -2.20. The van der Waals surface area contributed by atoms with Crippen LogP contribution in [-0.2, 0) is 17.2 Å². The number of nitrogen functional groups attached to an aromatic ring is 1. The van der Waals surface area contributed by atoms with Crippen molar-refractivity contribution in [2.45, 2.75) is 40.1 Å². The summed E-state index contributed by atoms with van der Waals surface area (Å²) in [6.45, 7) is 1.56. The van der Waals surface area contributed by atoms with Gasteiger partial charge in [0.15, 0.2) is 5.82 Å². The topological polar surface area (TPSA) is 98.1 Å². The average molecular weight is 518 g/mol. The molecule has 3 aromatic rings. The molecule has 1 saturated heterocycles. The maximum absolute atomic E-state index is 13.7. The number of nitrogens with zero attached hydrogens (tertiary/aromatic N) is 3. The van der Waals surface area contributed by atoms with Gasteiger partial charge in [-0.2, -0.15) is 0 Å². The van der Waals surface area contributed by atoms with Gasteiger partial charge in [-0.05, 0) is 60.1 Å². The van der Waals surface area contributed by atoms with Gasteiger partial charge in [-0.1, -0.05) is 35.5 Å². The molecule has 0 amide bonds. The second-order valence-electron chi connectivity index (χ2n) is 8.89. The van der Waals surface area contributed by atoms with Crippen LogP contribution in [-0.4, -0.2) is 33.5 Å². The van der Waals surface area contributed by atoms with E-state index in [1.54, 1.807) is 24.6 Å². The number of nitrogens with two attached hydrogens (primary N) is 2. The zero-order valence-electron chi connectivity index (χ0n) is 18.6. The minimum Gasteiger partial charge on any atom is -0.381 e. The van der Waals surface area contributed by atoms with Gasteiger partial charge in [0.2, 0.25) is 0 Å². The molecule has 5 rings (SSSR count). The molecule has 1 unspecified atom stereocenters. The first-order valence-electron chi connectivity index (χ1n) is 11.0. The first kappa shape index (κ1) is 23.5. The summed E-state index contributed by atoms with van der Waals surface area (Å²) in [6.07, 6.45) is 5.90. The lowest BCUT2D eigenvalue weighted by Crippen LogP contribution is -2.44. The number of halogens is 2. The Morgan fingerprint density at radius 3 is 2.74 bits per heavy atom. The maximum Gasteiger partial charge on any atom is 0.158 e. The smallest absolute Gasteiger partial charge is 0.158 e. The van der Waals surface area contributed by atoms with E-state index in [1.807, 2.05) is 18.2 Å². The third kappa shape index (κ3) is 4.19. The van der Waals surface area contributed by atoms with E-state index in [2.05, 4.69) is 14.9 Å². The van der Waals surface area contributed by atoms with Crippen LogP contribution >= 0.6 is 23.4 Å². The first-order valence-corrected chi connectivity index (χ1v) is 13.7. The summed E-state index contributed by atoms with van der Waals surface area (Å²) in [6, 6.07) is 10.3. The Bertz CT molecular complexity index is 1280. The van der Waals surface area contributed by atoms with Crippen molar-refractivity contribution in [1.82, 2.24) is 9.97 Å². The molecule has 1 aliphatic heterocycles. The van der Waals surface area contributed by atoms with Gasteiger partial charge in [-0.25, -0.2) is 14.4 Å². The molecule has 10 heteroatoms. The lowest BCUT2D eigenvalue weighted by molar-refractivity contribution is 0.187. The lowest BCUT2D eigenvalue weighted by atomic mass is 9.73. The van der Waals surface area contributed by atoms with E-state index >= 15 is 0 Å². The number of piperidine rings is 1. The molecule has 2 aliphatic rings. The summed E-state index contributed by atoms with van der Waals surface area (Å²) in [4.78, 5) is 12.6. The SMILES string of the molecule is CS(=O)c1cccc(Sc2ncc(N3CCC4(CC3)Cc3cc(F)ccc3[C@H]4N)nc2N)c1Cl. The van der Waals surface area contributed by atoms with Crippen molar-refractivity contribution in [1.29, 1.82) is 0 Å². The highest BCUT2D eigenvalue weighted by Crippen LogP contribution is 2.51. The number of anilines is 2. The quantitative estimate of drug-likeness (QED) is 0.522. The van der Waals surface area contributed by atoms with Gasteiger partial charge in [0, 0.05) is 30.3 Å². The standard InChI is InChI=1S/C24H25ClFN5OS2/c1-34(32)18-4-2-3-17(20(18)25)33-23-22(28)30-19(13-29-23)31-9-7-24(8-10-31)12-14-11-15(26)5-6-16(14)21(24)27/h2-6,11,13,21H,7-10,12,27H2,1H3,(H2,28,30)/t21-,34?/m1/s1. The summed E-state index contributed by atoms with van der Waals surface area (Å²) in [7, 11) is -1.19. The van der Waals surface area contributed by atoms with Crippen LogP contribution in [0.25, 0.3) is 0 Å². The molecule has 0 bridgehead atoms. The molecule has 178 valence electrons. The Kier molecular flexibility index (Phi) is 6.31. The van der Waals surface area contributed by atoms with Gasteiger partial charge < -0.3 is 16.4 Å². The minimum atomic E-state index is -1.19. The number of benzene rings is 2. The van der Waals surface area contributed by atoms with Crippen molar-refractivity contribution >= 4 is 45.8 Å². The molecule has 1 spiro atoms. The summed E-state index contributed by atoms with van der Waals surface area (Å²) in [5, 5.41) is 0.988. The van der Waals surface area contributed by atoms with Crippen LogP contribution < -0.4 is 16.4 Å². The monoisotopic (exact) mass is 517 g/mol. The van der Waals surface area contributed by atoms with Gasteiger partial charge in [0.25, 0.3) is 0 Å². The van der Waals surface area contributed by atoms with E-state index in [1.165, 1.54) is 17.8 Å². The molecule has 1 aromatic heterocycles. The second kappa shape index (κ2) is 9.11. The van der Waals surface area contributed by atoms with E-state index in [4.69, 9.17) is 23.1 Å².